The van der Waals surface area contributed by atoms with Crippen molar-refractivity contribution in [3.8, 4) is 5.75 Å². The van der Waals surface area contributed by atoms with Gasteiger partial charge in [0.15, 0.2) is 5.75 Å². The van der Waals surface area contributed by atoms with Crippen molar-refractivity contribution in [2.24, 2.45) is 0 Å². The Morgan fingerprint density at radius 2 is 2.00 bits per heavy atom. The van der Waals surface area contributed by atoms with E-state index in [1.807, 2.05) is 0 Å². The molecule has 0 amide bonds. The molecule has 0 saturated heterocycles. The fraction of sp³-hybridized carbons (Fsp3) is 0.556. The molecule has 0 fully saturated rings. The molecule has 2 N–H and O–H groups in total. The molecule has 1 heterocycles. The second-order valence-electron chi connectivity index (χ2n) is 2.83. The van der Waals surface area contributed by atoms with E-state index in [4.69, 9.17) is 10.5 Å². The standard InChI is InChI=1S/C9H15N3O/c1-2-3-4-5-13-8-6-11-9(10)12-7-8/h6-7H,2-5H2,1H3,(H2,10,11,12). The molecule has 0 aliphatic rings. The first-order valence-electron chi connectivity index (χ1n) is 4.53. The Morgan fingerprint density at radius 1 is 1.31 bits per heavy atom. The van der Waals surface area contributed by atoms with E-state index in [2.05, 4.69) is 16.9 Å². The summed E-state index contributed by atoms with van der Waals surface area (Å²) in [5.41, 5.74) is 5.33. The first kappa shape index (κ1) is 9.77. The molecule has 1 aromatic heterocycles. The van der Waals surface area contributed by atoms with E-state index in [0.717, 1.165) is 13.0 Å². The lowest BCUT2D eigenvalue weighted by Gasteiger charge is -2.03. The van der Waals surface area contributed by atoms with E-state index in [1.165, 1.54) is 12.8 Å². The summed E-state index contributed by atoms with van der Waals surface area (Å²) in [6.45, 7) is 2.88. The second kappa shape index (κ2) is 5.35. The van der Waals surface area contributed by atoms with Crippen LogP contribution in [0.15, 0.2) is 12.4 Å². The van der Waals surface area contributed by atoms with Crippen LogP contribution in [0.1, 0.15) is 26.2 Å². The molecular formula is C9H15N3O. The number of unbranched alkanes of at least 4 members (excludes halogenated alkanes) is 2. The van der Waals surface area contributed by atoms with Gasteiger partial charge in [0, 0.05) is 0 Å². The molecule has 0 atom stereocenters. The highest BCUT2D eigenvalue weighted by Gasteiger charge is 1.94. The summed E-state index contributed by atoms with van der Waals surface area (Å²) in [4.78, 5) is 7.64. The quantitative estimate of drug-likeness (QED) is 0.701. The highest BCUT2D eigenvalue weighted by molar-refractivity contribution is 5.20. The first-order chi connectivity index (χ1) is 6.33. The van der Waals surface area contributed by atoms with Crippen LogP contribution in [0.25, 0.3) is 0 Å². The van der Waals surface area contributed by atoms with Crippen molar-refractivity contribution in [3.63, 3.8) is 0 Å². The van der Waals surface area contributed by atoms with Crippen LogP contribution in [0, 0.1) is 0 Å². The van der Waals surface area contributed by atoms with Gasteiger partial charge in [0.05, 0.1) is 19.0 Å². The third-order valence-electron chi connectivity index (χ3n) is 1.66. The van der Waals surface area contributed by atoms with Gasteiger partial charge in [-0.1, -0.05) is 19.8 Å². The molecule has 1 rings (SSSR count). The van der Waals surface area contributed by atoms with Gasteiger partial charge in [-0.3, -0.25) is 0 Å². The molecule has 4 heteroatoms. The maximum absolute atomic E-state index is 5.38. The number of anilines is 1. The van der Waals surface area contributed by atoms with E-state index in [1.54, 1.807) is 12.4 Å². The molecular weight excluding hydrogens is 166 g/mol. The lowest BCUT2D eigenvalue weighted by molar-refractivity contribution is 0.304. The third kappa shape index (κ3) is 3.73. The van der Waals surface area contributed by atoms with E-state index in [-0.39, 0.29) is 5.95 Å². The summed E-state index contributed by atoms with van der Waals surface area (Å²) in [7, 11) is 0. The topological polar surface area (TPSA) is 61.0 Å². The number of hydrogen-bond donors (Lipinski definition) is 1. The minimum Gasteiger partial charge on any atom is -0.490 e. The molecule has 0 aliphatic heterocycles. The predicted octanol–water partition coefficient (Wildman–Crippen LogP) is 1.63. The van der Waals surface area contributed by atoms with Crippen molar-refractivity contribution in [3.05, 3.63) is 12.4 Å². The normalized spacial score (nSPS) is 9.92. The van der Waals surface area contributed by atoms with Crippen LogP contribution >= 0.6 is 0 Å². The average Bonchev–Trinajstić information content (AvgIpc) is 2.15. The highest BCUT2D eigenvalue weighted by atomic mass is 16.5. The molecule has 0 radical (unpaired) electrons. The van der Waals surface area contributed by atoms with E-state index >= 15 is 0 Å². The van der Waals surface area contributed by atoms with Crippen molar-refractivity contribution in [2.45, 2.75) is 26.2 Å². The number of rotatable bonds is 5. The van der Waals surface area contributed by atoms with Crippen LogP contribution < -0.4 is 10.5 Å². The van der Waals surface area contributed by atoms with Gasteiger partial charge >= 0.3 is 0 Å². The van der Waals surface area contributed by atoms with Gasteiger partial charge in [0.1, 0.15) is 0 Å². The summed E-state index contributed by atoms with van der Waals surface area (Å²) in [6, 6.07) is 0. The van der Waals surface area contributed by atoms with Gasteiger partial charge in [0.2, 0.25) is 5.95 Å². The smallest absolute Gasteiger partial charge is 0.220 e. The molecule has 0 spiro atoms. The highest BCUT2D eigenvalue weighted by Crippen LogP contribution is 2.07. The van der Waals surface area contributed by atoms with Crippen molar-refractivity contribution >= 4 is 5.95 Å². The van der Waals surface area contributed by atoms with Gasteiger partial charge in [-0.25, -0.2) is 9.97 Å². The van der Waals surface area contributed by atoms with Crippen LogP contribution in [-0.4, -0.2) is 16.6 Å². The minimum atomic E-state index is 0.279. The van der Waals surface area contributed by atoms with Crippen molar-refractivity contribution < 1.29 is 4.74 Å². The van der Waals surface area contributed by atoms with Gasteiger partial charge in [-0.2, -0.15) is 0 Å². The Morgan fingerprint density at radius 3 is 2.62 bits per heavy atom. The first-order valence-corrected chi connectivity index (χ1v) is 4.53. The number of nitrogen functional groups attached to an aromatic ring is 1. The molecule has 13 heavy (non-hydrogen) atoms. The monoisotopic (exact) mass is 181 g/mol. The molecule has 4 nitrogen and oxygen atoms in total. The summed E-state index contributed by atoms with van der Waals surface area (Å²) in [5.74, 6) is 0.964. The fourth-order valence-corrected chi connectivity index (χ4v) is 0.943. The number of ether oxygens (including phenoxy) is 1. The Kier molecular flexibility index (Phi) is 4.02. The molecule has 0 bridgehead atoms. The Labute approximate surface area is 78.1 Å². The average molecular weight is 181 g/mol. The largest absolute Gasteiger partial charge is 0.490 e. The molecule has 1 aromatic rings. The minimum absolute atomic E-state index is 0.279. The SMILES string of the molecule is CCCCCOc1cnc(N)nc1. The molecule has 0 aromatic carbocycles. The molecule has 0 unspecified atom stereocenters. The van der Waals surface area contributed by atoms with Crippen molar-refractivity contribution in [2.75, 3.05) is 12.3 Å². The van der Waals surface area contributed by atoms with Gasteiger partial charge in [-0.05, 0) is 6.42 Å². The maximum atomic E-state index is 5.38. The van der Waals surface area contributed by atoms with E-state index in [9.17, 15) is 0 Å². The zero-order valence-electron chi connectivity index (χ0n) is 7.86. The lowest BCUT2D eigenvalue weighted by atomic mass is 10.3. The lowest BCUT2D eigenvalue weighted by Crippen LogP contribution is -1.99. The second-order valence-corrected chi connectivity index (χ2v) is 2.83. The van der Waals surface area contributed by atoms with Crippen LogP contribution in [0.5, 0.6) is 5.75 Å². The van der Waals surface area contributed by atoms with Crippen LogP contribution in [0.3, 0.4) is 0 Å². The van der Waals surface area contributed by atoms with Gasteiger partial charge < -0.3 is 10.5 Å². The third-order valence-corrected chi connectivity index (χ3v) is 1.66. The number of aromatic nitrogens is 2. The molecule has 0 saturated carbocycles. The summed E-state index contributed by atoms with van der Waals surface area (Å²) in [5, 5.41) is 0. The summed E-state index contributed by atoms with van der Waals surface area (Å²) < 4.78 is 5.38. The zero-order valence-corrected chi connectivity index (χ0v) is 7.86. The summed E-state index contributed by atoms with van der Waals surface area (Å²) >= 11 is 0. The molecule has 72 valence electrons. The number of hydrogen-bond acceptors (Lipinski definition) is 4. The van der Waals surface area contributed by atoms with E-state index < -0.39 is 0 Å². The van der Waals surface area contributed by atoms with Crippen LogP contribution in [-0.2, 0) is 0 Å². The Bertz CT molecular complexity index is 235. The predicted molar refractivity (Wildman–Crippen MR) is 51.5 cm³/mol. The Hall–Kier alpha value is -1.32. The summed E-state index contributed by atoms with van der Waals surface area (Å²) in [6.07, 6.45) is 6.64. The fourth-order valence-electron chi connectivity index (χ4n) is 0.943. The van der Waals surface area contributed by atoms with Gasteiger partial charge in [-0.15, -0.1) is 0 Å². The van der Waals surface area contributed by atoms with Crippen molar-refractivity contribution in [1.82, 2.24) is 9.97 Å². The van der Waals surface area contributed by atoms with E-state index in [0.29, 0.717) is 5.75 Å². The maximum Gasteiger partial charge on any atom is 0.220 e. The van der Waals surface area contributed by atoms with Crippen LogP contribution in [0.4, 0.5) is 5.95 Å². The van der Waals surface area contributed by atoms with Gasteiger partial charge in [0.25, 0.3) is 0 Å². The zero-order chi connectivity index (χ0) is 9.52. The van der Waals surface area contributed by atoms with Crippen molar-refractivity contribution in [1.29, 1.82) is 0 Å². The van der Waals surface area contributed by atoms with Crippen LogP contribution in [0.2, 0.25) is 0 Å². The molecule has 0 aliphatic carbocycles. The number of nitrogens with zero attached hydrogens (tertiary/aromatic N) is 2. The number of nitrogens with two attached hydrogens (primary N) is 1. The Balaban J connectivity index is 2.25.